The second-order valence-electron chi connectivity index (χ2n) is 3.91. The average molecular weight is 312 g/mol. The Labute approximate surface area is 115 Å². The van der Waals surface area contributed by atoms with Gasteiger partial charge in [-0.25, -0.2) is 13.8 Å². The summed E-state index contributed by atoms with van der Waals surface area (Å²) in [5.74, 6) is -0.0664. The van der Waals surface area contributed by atoms with E-state index in [-0.39, 0.29) is 21.7 Å². The quantitative estimate of drug-likeness (QED) is 0.762. The molecule has 108 valence electrons. The maximum absolute atomic E-state index is 12.5. The molecule has 1 heterocycles. The first-order valence-electron chi connectivity index (χ1n) is 5.34. The summed E-state index contributed by atoms with van der Waals surface area (Å²) in [5, 5.41) is 0.221. The summed E-state index contributed by atoms with van der Waals surface area (Å²) in [6.07, 6.45) is -7.24. The van der Waals surface area contributed by atoms with Gasteiger partial charge in [0.25, 0.3) is 6.43 Å². The number of hydrogen-bond donors (Lipinski definition) is 0. The van der Waals surface area contributed by atoms with Crippen LogP contribution in [0.5, 0.6) is 5.75 Å². The highest BCUT2D eigenvalue weighted by atomic mass is 35.5. The molecule has 2 aromatic rings. The van der Waals surface area contributed by atoms with Crippen LogP contribution in [0.4, 0.5) is 22.0 Å². The van der Waals surface area contributed by atoms with Gasteiger partial charge in [0.1, 0.15) is 11.4 Å². The summed E-state index contributed by atoms with van der Waals surface area (Å²) in [7, 11) is 0. The predicted molar refractivity (Wildman–Crippen MR) is 63.3 cm³/mol. The highest BCUT2D eigenvalue weighted by molar-refractivity contribution is 6.35. The molecule has 20 heavy (non-hydrogen) atoms. The molecule has 2 rings (SSSR count). The molecule has 0 spiro atoms. The van der Waals surface area contributed by atoms with Gasteiger partial charge in [-0.05, 0) is 24.3 Å². The molecule has 0 fully saturated rings. The third kappa shape index (κ3) is 3.47. The first-order chi connectivity index (χ1) is 9.26. The highest BCUT2D eigenvalue weighted by Gasteiger charge is 2.28. The zero-order chi connectivity index (χ0) is 14.9. The molecule has 0 unspecified atom stereocenters. The first kappa shape index (κ1) is 14.8. The second-order valence-corrected chi connectivity index (χ2v) is 4.32. The van der Waals surface area contributed by atoms with Gasteiger partial charge < -0.3 is 4.74 Å². The van der Waals surface area contributed by atoms with Crippen molar-refractivity contribution in [2.24, 2.45) is 0 Å². The fourth-order valence-corrected chi connectivity index (χ4v) is 1.81. The molecular formula is C12H7ClF5NO. The van der Waals surface area contributed by atoms with E-state index in [0.717, 1.165) is 6.07 Å². The van der Waals surface area contributed by atoms with Gasteiger partial charge in [-0.15, -0.1) is 0 Å². The van der Waals surface area contributed by atoms with Gasteiger partial charge in [0.2, 0.25) is 0 Å². The molecule has 8 heteroatoms. The van der Waals surface area contributed by atoms with E-state index >= 15 is 0 Å². The number of hydrogen-bond acceptors (Lipinski definition) is 2. The van der Waals surface area contributed by atoms with Crippen molar-refractivity contribution < 1.29 is 26.7 Å². The Morgan fingerprint density at radius 2 is 1.90 bits per heavy atom. The van der Waals surface area contributed by atoms with Crippen LogP contribution in [0.25, 0.3) is 10.9 Å². The molecule has 0 saturated carbocycles. The van der Waals surface area contributed by atoms with Crippen LogP contribution < -0.4 is 4.74 Å². The van der Waals surface area contributed by atoms with Crippen molar-refractivity contribution in [3.05, 3.63) is 35.0 Å². The second kappa shape index (κ2) is 5.40. The molecular weight excluding hydrogens is 305 g/mol. The topological polar surface area (TPSA) is 22.1 Å². The van der Waals surface area contributed by atoms with Crippen molar-refractivity contribution in [2.75, 3.05) is 6.61 Å². The van der Waals surface area contributed by atoms with E-state index in [1.54, 1.807) is 0 Å². The van der Waals surface area contributed by atoms with Gasteiger partial charge in [-0.2, -0.15) is 13.2 Å². The van der Waals surface area contributed by atoms with Gasteiger partial charge in [-0.1, -0.05) is 11.6 Å². The van der Waals surface area contributed by atoms with Crippen molar-refractivity contribution in [3.8, 4) is 5.75 Å². The third-order valence-corrected chi connectivity index (χ3v) is 2.69. The van der Waals surface area contributed by atoms with E-state index in [0.29, 0.717) is 0 Å². The number of fused-ring (bicyclic) bond motifs is 1. The van der Waals surface area contributed by atoms with Crippen molar-refractivity contribution in [1.82, 2.24) is 4.98 Å². The normalized spacial score (nSPS) is 12.2. The zero-order valence-electron chi connectivity index (χ0n) is 9.72. The van der Waals surface area contributed by atoms with Crippen LogP contribution >= 0.6 is 11.6 Å². The maximum atomic E-state index is 12.5. The van der Waals surface area contributed by atoms with E-state index < -0.39 is 24.9 Å². The lowest BCUT2D eigenvalue weighted by Gasteiger charge is -2.10. The number of halogens is 6. The van der Waals surface area contributed by atoms with Gasteiger partial charge >= 0.3 is 6.18 Å². The summed E-state index contributed by atoms with van der Waals surface area (Å²) in [4.78, 5) is 3.67. The number of ether oxygens (including phenoxy) is 1. The summed E-state index contributed by atoms with van der Waals surface area (Å²) >= 11 is 5.82. The summed E-state index contributed by atoms with van der Waals surface area (Å²) in [5.41, 5.74) is -0.335. The molecule has 0 atom stereocenters. The van der Waals surface area contributed by atoms with Gasteiger partial charge in [0.15, 0.2) is 6.61 Å². The molecule has 0 bridgehead atoms. The molecule has 0 saturated heterocycles. The lowest BCUT2D eigenvalue weighted by molar-refractivity contribution is -0.153. The molecule has 0 aliphatic carbocycles. The number of alkyl halides is 5. The molecule has 2 nitrogen and oxygen atoms in total. The van der Waals surface area contributed by atoms with Crippen molar-refractivity contribution in [1.29, 1.82) is 0 Å². The molecule has 0 amide bonds. The van der Waals surface area contributed by atoms with E-state index in [9.17, 15) is 22.0 Å². The Kier molecular flexibility index (Phi) is 3.99. The standard InChI is InChI=1S/C12H7ClF5NO/c13-8-4-10(11(14)15)19-9-2-1-6(3-7(8)9)20-5-12(16,17)18/h1-4,11H,5H2. The van der Waals surface area contributed by atoms with Crippen LogP contribution in [0, 0.1) is 0 Å². The Hall–Kier alpha value is -1.63. The third-order valence-electron chi connectivity index (χ3n) is 2.38. The number of pyridine rings is 1. The lowest BCUT2D eigenvalue weighted by atomic mass is 10.2. The van der Waals surface area contributed by atoms with Crippen LogP contribution in [0.1, 0.15) is 12.1 Å². The molecule has 0 N–H and O–H groups in total. The molecule has 0 aliphatic rings. The molecule has 0 radical (unpaired) electrons. The number of nitrogens with zero attached hydrogens (tertiary/aromatic N) is 1. The van der Waals surface area contributed by atoms with Crippen LogP contribution in [0.15, 0.2) is 24.3 Å². The SMILES string of the molecule is FC(F)c1cc(Cl)c2cc(OCC(F)(F)F)ccc2n1. The minimum atomic E-state index is -4.46. The van der Waals surface area contributed by atoms with Crippen molar-refractivity contribution in [2.45, 2.75) is 12.6 Å². The number of aromatic nitrogens is 1. The average Bonchev–Trinajstić information content (AvgIpc) is 2.35. The Bertz CT molecular complexity index is 629. The van der Waals surface area contributed by atoms with E-state index in [1.807, 2.05) is 0 Å². The molecule has 1 aromatic carbocycles. The largest absolute Gasteiger partial charge is 0.484 e. The van der Waals surface area contributed by atoms with Gasteiger partial charge in [0.05, 0.1) is 10.5 Å². The Balaban J connectivity index is 2.35. The van der Waals surface area contributed by atoms with Crippen LogP contribution in [-0.4, -0.2) is 17.8 Å². The molecule has 0 aliphatic heterocycles. The molecule has 1 aromatic heterocycles. The van der Waals surface area contributed by atoms with Crippen LogP contribution in [0.2, 0.25) is 5.02 Å². The monoisotopic (exact) mass is 311 g/mol. The van der Waals surface area contributed by atoms with E-state index in [2.05, 4.69) is 9.72 Å². The van der Waals surface area contributed by atoms with Crippen LogP contribution in [0.3, 0.4) is 0 Å². The summed E-state index contributed by atoms with van der Waals surface area (Å²) < 4.78 is 65.7. The summed E-state index contributed by atoms with van der Waals surface area (Å²) in [6, 6.07) is 4.69. The lowest BCUT2D eigenvalue weighted by Crippen LogP contribution is -2.19. The number of rotatable bonds is 3. The summed E-state index contributed by atoms with van der Waals surface area (Å²) in [6.45, 7) is -1.45. The minimum absolute atomic E-state index is 0.0252. The Morgan fingerprint density at radius 3 is 2.50 bits per heavy atom. The van der Waals surface area contributed by atoms with Crippen molar-refractivity contribution >= 4 is 22.5 Å². The van der Waals surface area contributed by atoms with Crippen LogP contribution in [-0.2, 0) is 0 Å². The fraction of sp³-hybridized carbons (Fsp3) is 0.250. The fourth-order valence-electron chi connectivity index (χ4n) is 1.55. The minimum Gasteiger partial charge on any atom is -0.484 e. The van der Waals surface area contributed by atoms with Crippen molar-refractivity contribution in [3.63, 3.8) is 0 Å². The zero-order valence-corrected chi connectivity index (χ0v) is 10.5. The number of benzene rings is 1. The maximum Gasteiger partial charge on any atom is 0.422 e. The smallest absolute Gasteiger partial charge is 0.422 e. The van der Waals surface area contributed by atoms with E-state index in [1.165, 1.54) is 18.2 Å². The predicted octanol–water partition coefficient (Wildman–Crippen LogP) is 4.77. The van der Waals surface area contributed by atoms with Gasteiger partial charge in [-0.3, -0.25) is 0 Å². The van der Waals surface area contributed by atoms with E-state index in [4.69, 9.17) is 11.6 Å². The first-order valence-corrected chi connectivity index (χ1v) is 5.72. The highest BCUT2D eigenvalue weighted by Crippen LogP contribution is 2.30. The van der Waals surface area contributed by atoms with Gasteiger partial charge in [0, 0.05) is 5.39 Å². The Morgan fingerprint density at radius 1 is 1.20 bits per heavy atom.